The van der Waals surface area contributed by atoms with Crippen LogP contribution in [0.25, 0.3) is 6.08 Å². The van der Waals surface area contributed by atoms with Crippen LogP contribution in [-0.2, 0) is 4.79 Å². The molecule has 3 nitrogen and oxygen atoms in total. The number of ether oxygens (including phenoxy) is 1. The van der Waals surface area contributed by atoms with Crippen LogP contribution in [-0.4, -0.2) is 13.0 Å². The Bertz CT molecular complexity index is 657. The zero-order valence-corrected chi connectivity index (χ0v) is 13.2. The molecule has 2 aromatic rings. The van der Waals surface area contributed by atoms with Crippen LogP contribution >= 0.6 is 0 Å². The van der Waals surface area contributed by atoms with Gasteiger partial charge in [-0.15, -0.1) is 0 Å². The van der Waals surface area contributed by atoms with Crippen molar-refractivity contribution in [2.24, 2.45) is 0 Å². The Kier molecular flexibility index (Phi) is 5.37. The molecular formula is C19H21NO2. The molecule has 1 amide bonds. The van der Waals surface area contributed by atoms with Gasteiger partial charge in [0.15, 0.2) is 0 Å². The molecule has 0 heterocycles. The van der Waals surface area contributed by atoms with Crippen molar-refractivity contribution < 1.29 is 9.53 Å². The van der Waals surface area contributed by atoms with Gasteiger partial charge in [0.05, 0.1) is 7.11 Å². The number of carbonyl (C=O) groups excluding carboxylic acids is 1. The molecule has 0 radical (unpaired) electrons. The summed E-state index contributed by atoms with van der Waals surface area (Å²) in [6.45, 7) is 4.28. The van der Waals surface area contributed by atoms with E-state index in [1.807, 2.05) is 48.5 Å². The monoisotopic (exact) mass is 295 g/mol. The average Bonchev–Trinajstić information content (AvgIpc) is 2.53. The number of methoxy groups -OCH3 is 1. The largest absolute Gasteiger partial charge is 0.496 e. The summed E-state index contributed by atoms with van der Waals surface area (Å²) in [4.78, 5) is 12.0. The number of hydrogen-bond donors (Lipinski definition) is 1. The maximum Gasteiger partial charge on any atom is 0.248 e. The molecule has 0 bridgehead atoms. The lowest BCUT2D eigenvalue weighted by molar-refractivity contribution is -0.111. The molecule has 0 unspecified atom stereocenters. The number of amides is 1. The van der Waals surface area contributed by atoms with Gasteiger partial charge < -0.3 is 10.1 Å². The first-order chi connectivity index (χ1) is 10.6. The van der Waals surface area contributed by atoms with E-state index in [-0.39, 0.29) is 5.91 Å². The second-order valence-corrected chi connectivity index (χ2v) is 5.34. The number of benzene rings is 2. The van der Waals surface area contributed by atoms with Crippen molar-refractivity contribution in [1.82, 2.24) is 0 Å². The van der Waals surface area contributed by atoms with E-state index in [4.69, 9.17) is 4.74 Å². The van der Waals surface area contributed by atoms with Crippen LogP contribution in [0.5, 0.6) is 5.75 Å². The molecule has 0 aliphatic rings. The summed E-state index contributed by atoms with van der Waals surface area (Å²) in [5, 5.41) is 2.85. The maximum atomic E-state index is 12.0. The van der Waals surface area contributed by atoms with Crippen LogP contribution in [0.4, 0.5) is 5.69 Å². The van der Waals surface area contributed by atoms with E-state index in [9.17, 15) is 4.79 Å². The quantitative estimate of drug-likeness (QED) is 0.826. The van der Waals surface area contributed by atoms with Gasteiger partial charge in [0.25, 0.3) is 0 Å². The van der Waals surface area contributed by atoms with Crippen molar-refractivity contribution in [3.63, 3.8) is 0 Å². The van der Waals surface area contributed by atoms with Crippen LogP contribution in [0.3, 0.4) is 0 Å². The molecule has 0 spiro atoms. The molecule has 1 N–H and O–H groups in total. The number of rotatable bonds is 5. The molecule has 0 fully saturated rings. The van der Waals surface area contributed by atoms with Crippen LogP contribution in [0, 0.1) is 0 Å². The molecular weight excluding hydrogens is 274 g/mol. The number of carbonyl (C=O) groups is 1. The predicted molar refractivity (Wildman–Crippen MR) is 91.2 cm³/mol. The zero-order chi connectivity index (χ0) is 15.9. The van der Waals surface area contributed by atoms with Crippen LogP contribution in [0.15, 0.2) is 54.6 Å². The molecule has 22 heavy (non-hydrogen) atoms. The first-order valence-electron chi connectivity index (χ1n) is 7.32. The molecule has 3 heteroatoms. The highest BCUT2D eigenvalue weighted by Gasteiger charge is 2.02. The van der Waals surface area contributed by atoms with E-state index in [0.29, 0.717) is 5.92 Å². The van der Waals surface area contributed by atoms with E-state index in [1.165, 1.54) is 11.6 Å². The Labute approximate surface area is 131 Å². The first kappa shape index (κ1) is 15.8. The fourth-order valence-corrected chi connectivity index (χ4v) is 2.10. The Hall–Kier alpha value is -2.55. The minimum absolute atomic E-state index is 0.164. The minimum atomic E-state index is -0.164. The van der Waals surface area contributed by atoms with Gasteiger partial charge in [0.2, 0.25) is 5.91 Å². The van der Waals surface area contributed by atoms with E-state index in [2.05, 4.69) is 19.2 Å². The maximum absolute atomic E-state index is 12.0. The lowest BCUT2D eigenvalue weighted by atomic mass is 10.0. The molecule has 0 aliphatic heterocycles. The van der Waals surface area contributed by atoms with Gasteiger partial charge in [-0.25, -0.2) is 0 Å². The summed E-state index contributed by atoms with van der Waals surface area (Å²) in [6, 6.07) is 15.5. The van der Waals surface area contributed by atoms with E-state index < -0.39 is 0 Å². The van der Waals surface area contributed by atoms with E-state index in [0.717, 1.165) is 17.0 Å². The Balaban J connectivity index is 2.02. The second kappa shape index (κ2) is 7.46. The lowest BCUT2D eigenvalue weighted by Crippen LogP contribution is -2.07. The summed E-state index contributed by atoms with van der Waals surface area (Å²) >= 11 is 0. The summed E-state index contributed by atoms with van der Waals surface area (Å²) in [5.41, 5.74) is 2.91. The third-order valence-electron chi connectivity index (χ3n) is 3.40. The van der Waals surface area contributed by atoms with Gasteiger partial charge in [-0.05, 0) is 35.8 Å². The van der Waals surface area contributed by atoms with Crippen LogP contribution in [0.2, 0.25) is 0 Å². The third-order valence-corrected chi connectivity index (χ3v) is 3.40. The SMILES string of the molecule is COc1ccccc1/C=C/C(=O)Nc1ccc(C(C)C)cc1. The smallest absolute Gasteiger partial charge is 0.248 e. The van der Waals surface area contributed by atoms with Gasteiger partial charge in [0, 0.05) is 17.3 Å². The van der Waals surface area contributed by atoms with Crippen molar-refractivity contribution in [1.29, 1.82) is 0 Å². The molecule has 114 valence electrons. The molecule has 0 saturated carbocycles. The Morgan fingerprint density at radius 3 is 2.41 bits per heavy atom. The van der Waals surface area contributed by atoms with Gasteiger partial charge >= 0.3 is 0 Å². The topological polar surface area (TPSA) is 38.3 Å². The highest BCUT2D eigenvalue weighted by molar-refractivity contribution is 6.02. The number of nitrogens with one attached hydrogen (secondary N) is 1. The van der Waals surface area contributed by atoms with Gasteiger partial charge in [-0.1, -0.05) is 44.2 Å². The van der Waals surface area contributed by atoms with Gasteiger partial charge in [-0.3, -0.25) is 4.79 Å². The molecule has 0 aromatic heterocycles. The average molecular weight is 295 g/mol. The Morgan fingerprint density at radius 2 is 1.77 bits per heavy atom. The van der Waals surface area contributed by atoms with Crippen LogP contribution < -0.4 is 10.1 Å². The lowest BCUT2D eigenvalue weighted by Gasteiger charge is -2.07. The molecule has 0 aliphatic carbocycles. The van der Waals surface area contributed by atoms with Crippen LogP contribution in [0.1, 0.15) is 30.9 Å². The molecule has 2 aromatic carbocycles. The first-order valence-corrected chi connectivity index (χ1v) is 7.32. The number of anilines is 1. The normalized spacial score (nSPS) is 10.9. The van der Waals surface area contributed by atoms with Crippen molar-refractivity contribution >= 4 is 17.7 Å². The summed E-state index contributed by atoms with van der Waals surface area (Å²) in [7, 11) is 1.61. The van der Waals surface area contributed by atoms with Gasteiger partial charge in [0.1, 0.15) is 5.75 Å². The molecule has 2 rings (SSSR count). The number of hydrogen-bond acceptors (Lipinski definition) is 2. The third kappa shape index (κ3) is 4.22. The summed E-state index contributed by atoms with van der Waals surface area (Å²) in [5.74, 6) is 1.06. The van der Waals surface area contributed by atoms with Crippen molar-refractivity contribution in [2.45, 2.75) is 19.8 Å². The highest BCUT2D eigenvalue weighted by atomic mass is 16.5. The van der Waals surface area contributed by atoms with Crippen molar-refractivity contribution in [3.05, 3.63) is 65.7 Å². The number of para-hydroxylation sites is 1. The zero-order valence-electron chi connectivity index (χ0n) is 13.2. The summed E-state index contributed by atoms with van der Waals surface area (Å²) < 4.78 is 5.25. The molecule has 0 atom stereocenters. The highest BCUT2D eigenvalue weighted by Crippen LogP contribution is 2.19. The van der Waals surface area contributed by atoms with E-state index >= 15 is 0 Å². The van der Waals surface area contributed by atoms with Gasteiger partial charge in [-0.2, -0.15) is 0 Å². The van der Waals surface area contributed by atoms with Crippen molar-refractivity contribution in [2.75, 3.05) is 12.4 Å². The fourth-order valence-electron chi connectivity index (χ4n) is 2.10. The minimum Gasteiger partial charge on any atom is -0.496 e. The second-order valence-electron chi connectivity index (χ2n) is 5.34. The summed E-state index contributed by atoms with van der Waals surface area (Å²) in [6.07, 6.45) is 3.25. The van der Waals surface area contributed by atoms with E-state index in [1.54, 1.807) is 13.2 Å². The Morgan fingerprint density at radius 1 is 1.09 bits per heavy atom. The van der Waals surface area contributed by atoms with Crippen molar-refractivity contribution in [3.8, 4) is 5.75 Å². The predicted octanol–water partition coefficient (Wildman–Crippen LogP) is 4.47. The fraction of sp³-hybridized carbons (Fsp3) is 0.211. The molecule has 0 saturated heterocycles. The standard InChI is InChI=1S/C19H21NO2/c1-14(2)15-8-11-17(12-9-15)20-19(21)13-10-16-6-4-5-7-18(16)22-3/h4-14H,1-3H3,(H,20,21)/b13-10+.